The normalized spacial score (nSPS) is 33.2. The third kappa shape index (κ3) is 3.58. The first kappa shape index (κ1) is 18.2. The summed E-state index contributed by atoms with van der Waals surface area (Å²) in [5.74, 6) is 2.36. The predicted molar refractivity (Wildman–Crippen MR) is 111 cm³/mol. The van der Waals surface area contributed by atoms with Crippen LogP contribution >= 0.6 is 0 Å². The van der Waals surface area contributed by atoms with Crippen LogP contribution in [0.15, 0.2) is 48.5 Å². The molecule has 2 aromatic rings. The van der Waals surface area contributed by atoms with Crippen LogP contribution in [-0.2, 0) is 13.2 Å². The van der Waals surface area contributed by atoms with Crippen molar-refractivity contribution in [2.75, 3.05) is 0 Å². The van der Waals surface area contributed by atoms with Gasteiger partial charge in [-0.3, -0.25) is 0 Å². The molecule has 4 bridgehead atoms. The Morgan fingerprint density at radius 2 is 1.71 bits per heavy atom. The molecule has 4 saturated carbocycles. The summed E-state index contributed by atoms with van der Waals surface area (Å²) in [6.45, 7) is 3.50. The van der Waals surface area contributed by atoms with Crippen LogP contribution in [0.5, 0.6) is 5.75 Å². The minimum Gasteiger partial charge on any atom is -0.489 e. The minimum atomic E-state index is -0.418. The van der Waals surface area contributed by atoms with Crippen LogP contribution in [0, 0.1) is 18.8 Å². The lowest BCUT2D eigenvalue weighted by atomic mass is 9.51. The van der Waals surface area contributed by atoms with Gasteiger partial charge in [0.25, 0.3) is 0 Å². The monoisotopic (exact) mass is 377 g/mol. The predicted octanol–water partition coefficient (Wildman–Crippen LogP) is 4.75. The number of para-hydroxylation sites is 1. The fourth-order valence-corrected chi connectivity index (χ4v) is 6.34. The lowest BCUT2D eigenvalue weighted by Gasteiger charge is -2.60. The van der Waals surface area contributed by atoms with Gasteiger partial charge in [0.2, 0.25) is 0 Å². The van der Waals surface area contributed by atoms with E-state index in [1.54, 1.807) is 0 Å². The van der Waals surface area contributed by atoms with Gasteiger partial charge >= 0.3 is 0 Å². The van der Waals surface area contributed by atoms with Crippen LogP contribution in [0.1, 0.15) is 55.2 Å². The van der Waals surface area contributed by atoms with Crippen LogP contribution in [0.4, 0.5) is 0 Å². The average Bonchev–Trinajstić information content (AvgIpc) is 2.65. The molecule has 2 atom stereocenters. The Balaban J connectivity index is 1.27. The number of aryl methyl sites for hydroxylation is 1. The van der Waals surface area contributed by atoms with Crippen molar-refractivity contribution in [3.63, 3.8) is 0 Å². The van der Waals surface area contributed by atoms with Crippen molar-refractivity contribution in [2.24, 2.45) is 11.8 Å². The molecule has 0 saturated heterocycles. The van der Waals surface area contributed by atoms with Crippen LogP contribution in [0.25, 0.3) is 0 Å². The molecule has 0 heterocycles. The quantitative estimate of drug-likeness (QED) is 0.763. The summed E-state index contributed by atoms with van der Waals surface area (Å²) in [6.07, 6.45) is 6.71. The molecule has 2 unspecified atom stereocenters. The number of hydrogen-bond donors (Lipinski definition) is 2. The van der Waals surface area contributed by atoms with E-state index >= 15 is 0 Å². The lowest BCUT2D eigenvalue weighted by Crippen LogP contribution is -2.64. The zero-order chi connectivity index (χ0) is 19.2. The molecular formula is C25H31NO2. The van der Waals surface area contributed by atoms with Crippen molar-refractivity contribution in [1.82, 2.24) is 5.32 Å². The fourth-order valence-electron chi connectivity index (χ4n) is 6.34. The molecule has 4 fully saturated rings. The van der Waals surface area contributed by atoms with Gasteiger partial charge in [0.1, 0.15) is 12.4 Å². The van der Waals surface area contributed by atoms with Gasteiger partial charge in [0.15, 0.2) is 0 Å². The Hall–Kier alpha value is -1.84. The molecule has 3 heteroatoms. The summed E-state index contributed by atoms with van der Waals surface area (Å²) in [6, 6.07) is 16.9. The van der Waals surface area contributed by atoms with E-state index < -0.39 is 5.60 Å². The van der Waals surface area contributed by atoms with E-state index in [4.69, 9.17) is 4.74 Å². The van der Waals surface area contributed by atoms with Gasteiger partial charge in [-0.15, -0.1) is 0 Å². The molecule has 28 heavy (non-hydrogen) atoms. The van der Waals surface area contributed by atoms with Gasteiger partial charge in [0, 0.05) is 17.6 Å². The maximum Gasteiger partial charge on any atom is 0.124 e. The second kappa shape index (κ2) is 6.89. The molecular weight excluding hydrogens is 346 g/mol. The molecule has 2 N–H and O–H groups in total. The summed E-state index contributed by atoms with van der Waals surface area (Å²) in [4.78, 5) is 0. The van der Waals surface area contributed by atoms with E-state index in [0.29, 0.717) is 18.4 Å². The lowest BCUT2D eigenvalue weighted by molar-refractivity contribution is -0.142. The molecule has 6 rings (SSSR count). The summed E-state index contributed by atoms with van der Waals surface area (Å²) < 4.78 is 6.16. The fraction of sp³-hybridized carbons (Fsp3) is 0.520. The van der Waals surface area contributed by atoms with Gasteiger partial charge in [-0.2, -0.15) is 0 Å². The van der Waals surface area contributed by atoms with Crippen molar-refractivity contribution in [2.45, 2.75) is 69.7 Å². The third-order valence-corrected chi connectivity index (χ3v) is 7.17. The van der Waals surface area contributed by atoms with E-state index in [0.717, 1.165) is 31.6 Å². The van der Waals surface area contributed by atoms with E-state index in [-0.39, 0.29) is 5.54 Å². The largest absolute Gasteiger partial charge is 0.489 e. The molecule has 4 aliphatic rings. The first-order valence-electron chi connectivity index (χ1n) is 10.7. The Bertz CT molecular complexity index is 830. The molecule has 0 spiro atoms. The Labute approximate surface area is 168 Å². The molecule has 0 amide bonds. The van der Waals surface area contributed by atoms with Gasteiger partial charge < -0.3 is 15.2 Å². The molecule has 3 nitrogen and oxygen atoms in total. The molecule has 0 aliphatic heterocycles. The number of aliphatic hydroxyl groups is 1. The number of rotatable bonds is 6. The van der Waals surface area contributed by atoms with E-state index in [2.05, 4.69) is 54.7 Å². The van der Waals surface area contributed by atoms with Gasteiger partial charge in [-0.05, 0) is 68.9 Å². The summed E-state index contributed by atoms with van der Waals surface area (Å²) in [7, 11) is 0. The third-order valence-electron chi connectivity index (χ3n) is 7.17. The number of hydrogen-bond acceptors (Lipinski definition) is 3. The second-order valence-electron chi connectivity index (χ2n) is 9.70. The van der Waals surface area contributed by atoms with Gasteiger partial charge in [-0.1, -0.05) is 48.0 Å². The topological polar surface area (TPSA) is 41.5 Å². The van der Waals surface area contributed by atoms with Crippen molar-refractivity contribution < 1.29 is 9.84 Å². The Morgan fingerprint density at radius 3 is 2.43 bits per heavy atom. The van der Waals surface area contributed by atoms with Gasteiger partial charge in [-0.25, -0.2) is 0 Å². The molecule has 148 valence electrons. The molecule has 2 aromatic carbocycles. The van der Waals surface area contributed by atoms with Crippen LogP contribution in [-0.4, -0.2) is 16.2 Å². The molecule has 0 aromatic heterocycles. The highest BCUT2D eigenvalue weighted by Crippen LogP contribution is 2.57. The minimum absolute atomic E-state index is 0.114. The Kier molecular flexibility index (Phi) is 4.48. The summed E-state index contributed by atoms with van der Waals surface area (Å²) in [5, 5.41) is 14.9. The van der Waals surface area contributed by atoms with E-state index in [1.807, 2.05) is 6.07 Å². The van der Waals surface area contributed by atoms with Crippen LogP contribution in [0.3, 0.4) is 0 Å². The number of benzene rings is 2. The number of nitrogens with one attached hydrogen (secondary N) is 1. The van der Waals surface area contributed by atoms with Gasteiger partial charge in [0.05, 0.1) is 5.60 Å². The first-order chi connectivity index (χ1) is 13.5. The Morgan fingerprint density at radius 1 is 1.00 bits per heavy atom. The number of ether oxygens (including phenoxy) is 1. The highest BCUT2D eigenvalue weighted by Gasteiger charge is 2.56. The average molecular weight is 378 g/mol. The first-order valence-corrected chi connectivity index (χ1v) is 10.7. The summed E-state index contributed by atoms with van der Waals surface area (Å²) >= 11 is 0. The van der Waals surface area contributed by atoms with Crippen molar-refractivity contribution >= 4 is 0 Å². The molecule has 0 radical (unpaired) electrons. The zero-order valence-corrected chi connectivity index (χ0v) is 16.8. The highest BCUT2D eigenvalue weighted by atomic mass is 16.5. The van der Waals surface area contributed by atoms with Crippen molar-refractivity contribution in [3.05, 3.63) is 65.2 Å². The maximum atomic E-state index is 11.0. The highest BCUT2D eigenvalue weighted by molar-refractivity contribution is 5.34. The van der Waals surface area contributed by atoms with Crippen molar-refractivity contribution in [1.29, 1.82) is 0 Å². The molecule has 4 aliphatic carbocycles. The van der Waals surface area contributed by atoms with E-state index in [9.17, 15) is 5.11 Å². The summed E-state index contributed by atoms with van der Waals surface area (Å²) in [5.41, 5.74) is 3.36. The standard InChI is InChI=1S/C25H31NO2/c1-18-6-8-19(9-7-18)16-28-23-5-3-2-4-22(23)15-26-24-11-20-10-21(12-24)14-25(27,13-20)17-24/h2-9,20-21,26-27H,10-17H2,1H3. The van der Waals surface area contributed by atoms with Crippen molar-refractivity contribution in [3.8, 4) is 5.75 Å². The maximum absolute atomic E-state index is 11.0. The smallest absolute Gasteiger partial charge is 0.124 e. The second-order valence-corrected chi connectivity index (χ2v) is 9.70. The SMILES string of the molecule is Cc1ccc(COc2ccccc2CNC23CC4CC(CC(O)(C4)C2)C3)cc1. The van der Waals surface area contributed by atoms with E-state index in [1.165, 1.54) is 36.0 Å². The van der Waals surface area contributed by atoms with Crippen LogP contribution in [0.2, 0.25) is 0 Å². The zero-order valence-electron chi connectivity index (χ0n) is 16.8. The van der Waals surface area contributed by atoms with Crippen LogP contribution < -0.4 is 10.1 Å².